The van der Waals surface area contributed by atoms with Crippen molar-refractivity contribution in [1.82, 2.24) is 10.1 Å². The van der Waals surface area contributed by atoms with Gasteiger partial charge in [-0.15, -0.1) is 0 Å². The van der Waals surface area contributed by atoms with Crippen molar-refractivity contribution in [3.8, 4) is 0 Å². The van der Waals surface area contributed by atoms with Gasteiger partial charge in [0.15, 0.2) is 5.82 Å². The van der Waals surface area contributed by atoms with E-state index in [0.29, 0.717) is 11.8 Å². The molecule has 0 spiro atoms. The molecule has 1 heterocycles. The molecule has 0 radical (unpaired) electrons. The zero-order valence-corrected chi connectivity index (χ0v) is 10.6. The monoisotopic (exact) mass is 235 g/mol. The van der Waals surface area contributed by atoms with Crippen LogP contribution in [0.1, 0.15) is 63.6 Å². The molecular formula is C13H21N3O. The lowest BCUT2D eigenvalue weighted by atomic mass is 9.71. The maximum atomic E-state index is 6.48. The minimum atomic E-state index is -0.359. The van der Waals surface area contributed by atoms with Crippen LogP contribution in [0.25, 0.3) is 0 Å². The Hall–Kier alpha value is -0.900. The van der Waals surface area contributed by atoms with Crippen molar-refractivity contribution in [2.75, 3.05) is 0 Å². The van der Waals surface area contributed by atoms with Crippen molar-refractivity contribution in [3.05, 3.63) is 11.7 Å². The highest BCUT2D eigenvalue weighted by Crippen LogP contribution is 2.42. The zero-order chi connectivity index (χ0) is 12.0. The highest BCUT2D eigenvalue weighted by atomic mass is 16.5. The van der Waals surface area contributed by atoms with Crippen LogP contribution < -0.4 is 5.73 Å². The summed E-state index contributed by atoms with van der Waals surface area (Å²) in [7, 11) is 0. The van der Waals surface area contributed by atoms with Crippen molar-refractivity contribution >= 4 is 0 Å². The molecule has 0 bridgehead atoms. The van der Waals surface area contributed by atoms with Crippen molar-refractivity contribution in [2.24, 2.45) is 17.6 Å². The lowest BCUT2D eigenvalue weighted by Gasteiger charge is -2.37. The Morgan fingerprint density at radius 3 is 2.65 bits per heavy atom. The van der Waals surface area contributed by atoms with Gasteiger partial charge in [-0.05, 0) is 43.9 Å². The van der Waals surface area contributed by atoms with E-state index in [1.165, 1.54) is 12.8 Å². The van der Waals surface area contributed by atoms with E-state index in [4.69, 9.17) is 10.3 Å². The van der Waals surface area contributed by atoms with Crippen LogP contribution in [0.5, 0.6) is 0 Å². The molecule has 4 nitrogen and oxygen atoms in total. The summed E-state index contributed by atoms with van der Waals surface area (Å²) in [4.78, 5) is 4.52. The molecule has 2 aliphatic rings. The van der Waals surface area contributed by atoms with Gasteiger partial charge in [0.1, 0.15) is 0 Å². The molecule has 3 unspecified atom stereocenters. The third kappa shape index (κ3) is 1.99. The molecule has 4 heteroatoms. The molecule has 94 valence electrons. The summed E-state index contributed by atoms with van der Waals surface area (Å²) in [5.74, 6) is 3.44. The second-order valence-electron chi connectivity index (χ2n) is 6.08. The topological polar surface area (TPSA) is 64.9 Å². The first-order chi connectivity index (χ1) is 8.08. The normalized spacial score (nSPS) is 38.3. The Morgan fingerprint density at radius 1 is 1.24 bits per heavy atom. The molecule has 2 saturated carbocycles. The Kier molecular flexibility index (Phi) is 2.51. The maximum absolute atomic E-state index is 6.48. The van der Waals surface area contributed by atoms with Crippen LogP contribution in [-0.2, 0) is 5.54 Å². The highest BCUT2D eigenvalue weighted by molar-refractivity contribution is 5.10. The molecule has 2 aliphatic carbocycles. The summed E-state index contributed by atoms with van der Waals surface area (Å²) >= 11 is 0. The molecule has 1 aromatic rings. The number of nitrogens with two attached hydrogens (primary N) is 1. The molecule has 0 aliphatic heterocycles. The first-order valence-electron chi connectivity index (χ1n) is 6.71. The largest absolute Gasteiger partial charge is 0.339 e. The van der Waals surface area contributed by atoms with E-state index >= 15 is 0 Å². The SMILES string of the molecule is CC1CCC(N)(c2noc(C3CC3)n2)CC1C. The third-order valence-corrected chi connectivity index (χ3v) is 4.52. The molecule has 3 atom stereocenters. The smallest absolute Gasteiger partial charge is 0.229 e. The molecule has 3 rings (SSSR count). The van der Waals surface area contributed by atoms with Gasteiger partial charge in [0.05, 0.1) is 5.54 Å². The van der Waals surface area contributed by atoms with Gasteiger partial charge in [0, 0.05) is 5.92 Å². The average molecular weight is 235 g/mol. The van der Waals surface area contributed by atoms with Gasteiger partial charge in [0.2, 0.25) is 5.89 Å². The maximum Gasteiger partial charge on any atom is 0.229 e. The molecule has 0 amide bonds. The molecule has 0 aromatic carbocycles. The van der Waals surface area contributed by atoms with Gasteiger partial charge in [-0.1, -0.05) is 19.0 Å². The van der Waals surface area contributed by atoms with Gasteiger partial charge in [-0.3, -0.25) is 0 Å². The predicted octanol–water partition coefficient (Wildman–Crippen LogP) is 2.56. The molecule has 17 heavy (non-hydrogen) atoms. The first-order valence-corrected chi connectivity index (χ1v) is 6.71. The summed E-state index contributed by atoms with van der Waals surface area (Å²) in [6.45, 7) is 4.57. The van der Waals surface area contributed by atoms with Crippen molar-refractivity contribution in [3.63, 3.8) is 0 Å². The highest BCUT2D eigenvalue weighted by Gasteiger charge is 2.40. The van der Waals surface area contributed by atoms with E-state index in [2.05, 4.69) is 24.0 Å². The summed E-state index contributed by atoms with van der Waals surface area (Å²) in [6, 6.07) is 0. The molecule has 0 saturated heterocycles. The van der Waals surface area contributed by atoms with Gasteiger partial charge >= 0.3 is 0 Å². The molecule has 2 N–H and O–H groups in total. The average Bonchev–Trinajstić information content (AvgIpc) is 3.02. The van der Waals surface area contributed by atoms with E-state index in [1.807, 2.05) is 0 Å². The van der Waals surface area contributed by atoms with E-state index < -0.39 is 0 Å². The lowest BCUT2D eigenvalue weighted by Crippen LogP contribution is -2.44. The van der Waals surface area contributed by atoms with Crippen molar-refractivity contribution in [2.45, 2.75) is 57.4 Å². The number of hydrogen-bond donors (Lipinski definition) is 1. The second kappa shape index (κ2) is 3.80. The summed E-state index contributed by atoms with van der Waals surface area (Å²) < 4.78 is 5.33. The van der Waals surface area contributed by atoms with E-state index in [1.54, 1.807) is 0 Å². The molecular weight excluding hydrogens is 214 g/mol. The fraction of sp³-hybridized carbons (Fsp3) is 0.846. The van der Waals surface area contributed by atoms with Crippen LogP contribution in [0, 0.1) is 11.8 Å². The fourth-order valence-corrected chi connectivity index (χ4v) is 2.78. The van der Waals surface area contributed by atoms with Crippen molar-refractivity contribution < 1.29 is 4.52 Å². The zero-order valence-electron chi connectivity index (χ0n) is 10.6. The second-order valence-corrected chi connectivity index (χ2v) is 6.08. The summed E-state index contributed by atoms with van der Waals surface area (Å²) in [6.07, 6.45) is 5.48. The van der Waals surface area contributed by atoms with Crippen LogP contribution in [0.2, 0.25) is 0 Å². The summed E-state index contributed by atoms with van der Waals surface area (Å²) in [5, 5.41) is 4.12. The summed E-state index contributed by atoms with van der Waals surface area (Å²) in [5.41, 5.74) is 6.12. The van der Waals surface area contributed by atoms with E-state index in [-0.39, 0.29) is 5.54 Å². The van der Waals surface area contributed by atoms with Gasteiger partial charge < -0.3 is 10.3 Å². The first kappa shape index (κ1) is 11.2. The minimum absolute atomic E-state index is 0.359. The van der Waals surface area contributed by atoms with Crippen LogP contribution in [0.3, 0.4) is 0 Å². The van der Waals surface area contributed by atoms with E-state index in [9.17, 15) is 0 Å². The Labute approximate surface area is 102 Å². The Morgan fingerprint density at radius 2 is 2.00 bits per heavy atom. The molecule has 1 aromatic heterocycles. The van der Waals surface area contributed by atoms with Crippen molar-refractivity contribution in [1.29, 1.82) is 0 Å². The Bertz CT molecular complexity index is 413. The minimum Gasteiger partial charge on any atom is -0.339 e. The van der Waals surface area contributed by atoms with Gasteiger partial charge in [-0.25, -0.2) is 0 Å². The van der Waals surface area contributed by atoms with Crippen LogP contribution in [-0.4, -0.2) is 10.1 Å². The molecule has 2 fully saturated rings. The predicted molar refractivity (Wildman–Crippen MR) is 64.3 cm³/mol. The number of nitrogens with zero attached hydrogens (tertiary/aromatic N) is 2. The van der Waals surface area contributed by atoms with Gasteiger partial charge in [0.25, 0.3) is 0 Å². The van der Waals surface area contributed by atoms with E-state index in [0.717, 1.165) is 36.9 Å². The number of aromatic nitrogens is 2. The fourth-order valence-electron chi connectivity index (χ4n) is 2.78. The quantitative estimate of drug-likeness (QED) is 0.855. The van der Waals surface area contributed by atoms with Crippen LogP contribution >= 0.6 is 0 Å². The third-order valence-electron chi connectivity index (χ3n) is 4.52. The Balaban J connectivity index is 1.81. The lowest BCUT2D eigenvalue weighted by molar-refractivity contribution is 0.166. The number of rotatable bonds is 2. The van der Waals surface area contributed by atoms with Crippen LogP contribution in [0.4, 0.5) is 0 Å². The number of hydrogen-bond acceptors (Lipinski definition) is 4. The van der Waals surface area contributed by atoms with Crippen LogP contribution in [0.15, 0.2) is 4.52 Å². The van der Waals surface area contributed by atoms with Gasteiger partial charge in [-0.2, -0.15) is 4.98 Å². The standard InChI is InChI=1S/C13H21N3O/c1-8-5-6-13(14,7-9(8)2)12-15-11(17-16-12)10-3-4-10/h8-10H,3-7,14H2,1-2H3.